The van der Waals surface area contributed by atoms with Crippen molar-refractivity contribution in [1.82, 2.24) is 19.7 Å². The van der Waals surface area contributed by atoms with Crippen LogP contribution in [0.2, 0.25) is 0 Å². The van der Waals surface area contributed by atoms with Crippen LogP contribution < -0.4 is 0 Å². The maximum Gasteiger partial charge on any atom is 0.254 e. The number of aryl methyl sites for hydroxylation is 1. The van der Waals surface area contributed by atoms with Gasteiger partial charge in [0, 0.05) is 18.3 Å². The minimum Gasteiger partial charge on any atom is -0.336 e. The Kier molecular flexibility index (Phi) is 4.18. The minimum absolute atomic E-state index is 0.000726. The number of aromatic nitrogens is 3. The fourth-order valence-electron chi connectivity index (χ4n) is 3.66. The Labute approximate surface area is 151 Å². The molecule has 1 aliphatic rings. The van der Waals surface area contributed by atoms with E-state index in [0.29, 0.717) is 28.0 Å². The molecule has 0 unspecified atom stereocenters. The molecular formula is C20H21FN4O. The van der Waals surface area contributed by atoms with Crippen molar-refractivity contribution in [2.75, 3.05) is 6.54 Å². The zero-order valence-corrected chi connectivity index (χ0v) is 14.9. The normalized spacial score (nSPS) is 17.7. The van der Waals surface area contributed by atoms with Crippen LogP contribution in [0.1, 0.15) is 42.2 Å². The van der Waals surface area contributed by atoms with Crippen molar-refractivity contribution < 1.29 is 9.18 Å². The van der Waals surface area contributed by atoms with Crippen molar-refractivity contribution in [3.05, 3.63) is 53.6 Å². The standard InChI is InChI=1S/C20H21FN4O/c1-13-11-15(20(26)24-10-6-5-7-14(24)2)16-12-22-25(19(16)23-13)18-9-4-3-8-17(18)21/h3-4,8-9,11-12,14H,5-7,10H2,1-2H3/t14-/m0/s1. The second-order valence-electron chi connectivity index (χ2n) is 6.90. The summed E-state index contributed by atoms with van der Waals surface area (Å²) in [5.41, 5.74) is 2.13. The fraction of sp³-hybridized carbons (Fsp3) is 0.350. The van der Waals surface area contributed by atoms with Gasteiger partial charge in [0.05, 0.1) is 17.1 Å². The second-order valence-corrected chi connectivity index (χ2v) is 6.90. The van der Waals surface area contributed by atoms with Crippen LogP contribution in [0.25, 0.3) is 16.7 Å². The molecule has 0 spiro atoms. The number of piperidine rings is 1. The van der Waals surface area contributed by atoms with E-state index in [-0.39, 0.29) is 17.8 Å². The van der Waals surface area contributed by atoms with Gasteiger partial charge in [0.1, 0.15) is 11.5 Å². The predicted octanol–water partition coefficient (Wildman–Crippen LogP) is 3.88. The third kappa shape index (κ3) is 2.75. The highest BCUT2D eigenvalue weighted by atomic mass is 19.1. The Bertz CT molecular complexity index is 981. The highest BCUT2D eigenvalue weighted by molar-refractivity contribution is 6.05. The third-order valence-electron chi connectivity index (χ3n) is 5.04. The number of halogens is 1. The molecule has 3 aromatic rings. The monoisotopic (exact) mass is 352 g/mol. The van der Waals surface area contributed by atoms with Gasteiger partial charge in [0.15, 0.2) is 5.65 Å². The number of rotatable bonds is 2. The lowest BCUT2D eigenvalue weighted by Gasteiger charge is -2.33. The van der Waals surface area contributed by atoms with Gasteiger partial charge in [0.25, 0.3) is 5.91 Å². The molecule has 0 bridgehead atoms. The number of pyridine rings is 1. The molecule has 2 aromatic heterocycles. The van der Waals surface area contributed by atoms with Gasteiger partial charge < -0.3 is 4.90 Å². The number of benzene rings is 1. The second kappa shape index (κ2) is 6.52. The maximum absolute atomic E-state index is 14.2. The van der Waals surface area contributed by atoms with Crippen LogP contribution in [0, 0.1) is 12.7 Å². The number of para-hydroxylation sites is 1. The number of hydrogen-bond acceptors (Lipinski definition) is 3. The van der Waals surface area contributed by atoms with E-state index in [1.165, 1.54) is 10.7 Å². The number of fused-ring (bicyclic) bond motifs is 1. The smallest absolute Gasteiger partial charge is 0.254 e. The molecule has 4 rings (SSSR count). The van der Waals surface area contributed by atoms with E-state index in [1.54, 1.807) is 30.5 Å². The average Bonchev–Trinajstić information content (AvgIpc) is 3.05. The minimum atomic E-state index is -0.377. The van der Waals surface area contributed by atoms with Crippen molar-refractivity contribution in [3.8, 4) is 5.69 Å². The summed E-state index contributed by atoms with van der Waals surface area (Å²) in [7, 11) is 0. The van der Waals surface area contributed by atoms with E-state index >= 15 is 0 Å². The topological polar surface area (TPSA) is 51.0 Å². The molecular weight excluding hydrogens is 331 g/mol. The summed E-state index contributed by atoms with van der Waals surface area (Å²) in [4.78, 5) is 19.6. The Morgan fingerprint density at radius 3 is 2.85 bits per heavy atom. The molecule has 134 valence electrons. The number of nitrogens with zero attached hydrogens (tertiary/aromatic N) is 4. The summed E-state index contributed by atoms with van der Waals surface area (Å²) < 4.78 is 15.7. The SMILES string of the molecule is Cc1cc(C(=O)N2CCCC[C@@H]2C)c2cnn(-c3ccccc3F)c2n1. The molecule has 6 heteroatoms. The van der Waals surface area contributed by atoms with Crippen molar-refractivity contribution in [2.45, 2.75) is 39.2 Å². The lowest BCUT2D eigenvalue weighted by Crippen LogP contribution is -2.42. The van der Waals surface area contributed by atoms with Gasteiger partial charge in [-0.05, 0) is 51.3 Å². The molecule has 1 aromatic carbocycles. The van der Waals surface area contributed by atoms with Crippen LogP contribution >= 0.6 is 0 Å². The molecule has 5 nitrogen and oxygen atoms in total. The maximum atomic E-state index is 14.2. The first-order valence-corrected chi connectivity index (χ1v) is 8.97. The zero-order valence-electron chi connectivity index (χ0n) is 14.9. The number of carbonyl (C=O) groups is 1. The predicted molar refractivity (Wildman–Crippen MR) is 97.9 cm³/mol. The Balaban J connectivity index is 1.85. The fourth-order valence-corrected chi connectivity index (χ4v) is 3.66. The molecule has 1 amide bonds. The van der Waals surface area contributed by atoms with Gasteiger partial charge in [-0.2, -0.15) is 5.10 Å². The Morgan fingerprint density at radius 1 is 1.27 bits per heavy atom. The summed E-state index contributed by atoms with van der Waals surface area (Å²) in [5.74, 6) is -0.376. The Morgan fingerprint density at radius 2 is 2.08 bits per heavy atom. The largest absolute Gasteiger partial charge is 0.336 e. The quantitative estimate of drug-likeness (QED) is 0.703. The van der Waals surface area contributed by atoms with Crippen molar-refractivity contribution in [3.63, 3.8) is 0 Å². The van der Waals surface area contributed by atoms with Crippen LogP contribution in [-0.4, -0.2) is 38.2 Å². The molecule has 1 aliphatic heterocycles. The van der Waals surface area contributed by atoms with E-state index in [0.717, 1.165) is 25.8 Å². The molecule has 26 heavy (non-hydrogen) atoms. The molecule has 0 radical (unpaired) electrons. The van der Waals surface area contributed by atoms with Gasteiger partial charge in [-0.15, -0.1) is 0 Å². The summed E-state index contributed by atoms with van der Waals surface area (Å²) in [6, 6.07) is 8.46. The summed E-state index contributed by atoms with van der Waals surface area (Å²) >= 11 is 0. The molecule has 0 saturated carbocycles. The lowest BCUT2D eigenvalue weighted by molar-refractivity contribution is 0.0637. The number of likely N-dealkylation sites (tertiary alicyclic amines) is 1. The highest BCUT2D eigenvalue weighted by Crippen LogP contribution is 2.26. The van der Waals surface area contributed by atoms with E-state index in [9.17, 15) is 9.18 Å². The highest BCUT2D eigenvalue weighted by Gasteiger charge is 2.27. The number of carbonyl (C=O) groups excluding carboxylic acids is 1. The summed E-state index contributed by atoms with van der Waals surface area (Å²) in [6.07, 6.45) is 4.81. The Hall–Kier alpha value is -2.76. The molecule has 1 saturated heterocycles. The third-order valence-corrected chi connectivity index (χ3v) is 5.04. The number of amides is 1. The first-order valence-electron chi connectivity index (χ1n) is 8.97. The van der Waals surface area contributed by atoms with E-state index in [1.807, 2.05) is 11.8 Å². The van der Waals surface area contributed by atoms with Gasteiger partial charge in [-0.3, -0.25) is 4.79 Å². The van der Waals surface area contributed by atoms with Crippen LogP contribution in [0.4, 0.5) is 4.39 Å². The van der Waals surface area contributed by atoms with E-state index < -0.39 is 0 Å². The van der Waals surface area contributed by atoms with Gasteiger partial charge in [-0.1, -0.05) is 12.1 Å². The van der Waals surface area contributed by atoms with Crippen molar-refractivity contribution in [2.24, 2.45) is 0 Å². The van der Waals surface area contributed by atoms with Crippen LogP contribution in [0.3, 0.4) is 0 Å². The van der Waals surface area contributed by atoms with Gasteiger partial charge in [-0.25, -0.2) is 14.1 Å². The van der Waals surface area contributed by atoms with Crippen LogP contribution in [0.5, 0.6) is 0 Å². The van der Waals surface area contributed by atoms with Crippen molar-refractivity contribution in [1.29, 1.82) is 0 Å². The summed E-state index contributed by atoms with van der Waals surface area (Å²) in [5, 5.41) is 4.97. The van der Waals surface area contributed by atoms with Gasteiger partial charge in [0.2, 0.25) is 0 Å². The summed E-state index contributed by atoms with van der Waals surface area (Å²) in [6.45, 7) is 4.70. The van der Waals surface area contributed by atoms with Gasteiger partial charge >= 0.3 is 0 Å². The zero-order chi connectivity index (χ0) is 18.3. The molecule has 1 atom stereocenters. The van der Waals surface area contributed by atoms with Crippen LogP contribution in [0.15, 0.2) is 36.5 Å². The lowest BCUT2D eigenvalue weighted by atomic mass is 10.0. The molecule has 1 fully saturated rings. The molecule has 0 N–H and O–H groups in total. The average molecular weight is 352 g/mol. The first-order chi connectivity index (χ1) is 12.6. The van der Waals surface area contributed by atoms with Crippen molar-refractivity contribution >= 4 is 16.9 Å². The molecule has 3 heterocycles. The van der Waals surface area contributed by atoms with E-state index in [2.05, 4.69) is 17.0 Å². The molecule has 0 aliphatic carbocycles. The van der Waals surface area contributed by atoms with E-state index in [4.69, 9.17) is 0 Å². The first kappa shape index (κ1) is 16.7. The van der Waals surface area contributed by atoms with Crippen LogP contribution in [-0.2, 0) is 0 Å². The number of hydrogen-bond donors (Lipinski definition) is 0.